The Balaban J connectivity index is 1.09. The lowest BCUT2D eigenvalue weighted by molar-refractivity contribution is 0.669. The van der Waals surface area contributed by atoms with Crippen LogP contribution in [0.25, 0.3) is 93.6 Å². The molecule has 0 aliphatic heterocycles. The fourth-order valence-electron chi connectivity index (χ4n) is 9.38. The van der Waals surface area contributed by atoms with E-state index in [0.717, 1.165) is 66.9 Å². The predicted octanol–water partition coefficient (Wildman–Crippen LogP) is 16.3. The molecule has 0 unspecified atom stereocenters. The number of anilines is 3. The average Bonchev–Trinajstić information content (AvgIpc) is 3.88. The zero-order chi connectivity index (χ0) is 40.3. The van der Waals surface area contributed by atoms with Crippen LogP contribution in [-0.2, 0) is 0 Å². The van der Waals surface area contributed by atoms with E-state index >= 15 is 0 Å². The van der Waals surface area contributed by atoms with E-state index in [9.17, 15) is 0 Å². The minimum Gasteiger partial charge on any atom is -0.456 e. The van der Waals surface area contributed by atoms with Crippen molar-refractivity contribution in [1.29, 1.82) is 0 Å². The Hall–Kier alpha value is -8.14. The van der Waals surface area contributed by atoms with Crippen molar-refractivity contribution in [3.63, 3.8) is 0 Å². The lowest BCUT2D eigenvalue weighted by Gasteiger charge is -2.29. The molecule has 2 aromatic heterocycles. The number of hydrogen-bond donors (Lipinski definition) is 0. The van der Waals surface area contributed by atoms with Gasteiger partial charge in [-0.05, 0) is 106 Å². The maximum absolute atomic E-state index is 6.51. The first-order chi connectivity index (χ1) is 30.3. The smallest absolute Gasteiger partial charge is 0.136 e. The molecule has 0 aliphatic carbocycles. The number of nitrogens with zero attached hydrogens (tertiary/aromatic N) is 2. The molecule has 0 bridgehead atoms. The van der Waals surface area contributed by atoms with Crippen molar-refractivity contribution in [3.8, 4) is 39.1 Å². The molecule has 0 aliphatic rings. The second-order valence-corrected chi connectivity index (χ2v) is 15.7. The summed E-state index contributed by atoms with van der Waals surface area (Å²) >= 11 is 0. The zero-order valence-electron chi connectivity index (χ0n) is 33.2. The first-order valence-corrected chi connectivity index (χ1v) is 20.8. The van der Waals surface area contributed by atoms with Gasteiger partial charge in [-0.3, -0.25) is 0 Å². The van der Waals surface area contributed by atoms with Gasteiger partial charge in [0.15, 0.2) is 0 Å². The number of hydrogen-bond acceptors (Lipinski definition) is 2. The van der Waals surface area contributed by atoms with Gasteiger partial charge in [0, 0.05) is 44.0 Å². The van der Waals surface area contributed by atoms with Gasteiger partial charge in [0.1, 0.15) is 11.2 Å². The molecule has 3 nitrogen and oxygen atoms in total. The molecule has 2 heterocycles. The van der Waals surface area contributed by atoms with E-state index in [4.69, 9.17) is 4.42 Å². The number of para-hydroxylation sites is 5. The molecule has 286 valence electrons. The molecule has 0 saturated carbocycles. The van der Waals surface area contributed by atoms with Crippen molar-refractivity contribution in [2.24, 2.45) is 0 Å². The van der Waals surface area contributed by atoms with Gasteiger partial charge < -0.3 is 13.9 Å². The van der Waals surface area contributed by atoms with Crippen LogP contribution < -0.4 is 4.90 Å². The zero-order valence-corrected chi connectivity index (χ0v) is 33.2. The monoisotopic (exact) mass is 778 g/mol. The van der Waals surface area contributed by atoms with E-state index < -0.39 is 0 Å². The van der Waals surface area contributed by atoms with Gasteiger partial charge in [-0.25, -0.2) is 0 Å². The topological polar surface area (TPSA) is 21.3 Å². The number of fused-ring (bicyclic) bond motifs is 7. The summed E-state index contributed by atoms with van der Waals surface area (Å²) in [4.78, 5) is 2.39. The van der Waals surface area contributed by atoms with Crippen molar-refractivity contribution in [2.75, 3.05) is 4.90 Å². The Labute approximate surface area is 353 Å². The van der Waals surface area contributed by atoms with Crippen LogP contribution in [0.15, 0.2) is 235 Å². The molecule has 0 atom stereocenters. The molecular formula is C58H38N2O. The molecule has 0 radical (unpaired) electrons. The molecule has 61 heavy (non-hydrogen) atoms. The van der Waals surface area contributed by atoms with Crippen LogP contribution in [0.4, 0.5) is 17.1 Å². The maximum atomic E-state index is 6.51. The van der Waals surface area contributed by atoms with E-state index in [0.29, 0.717) is 0 Å². The standard InChI is InChI=1S/C58H38N2O/c1-2-17-44(18-3-1)59(45-34-31-40(32-35-45)42-30-29-39-15-4-5-16-41(39)37-42)55-36-33-43(38-51(55)49-23-14-28-57-58(49)50-22-9-13-27-56(50)61-57)46-19-6-10-24-52(46)60-53-25-11-7-20-47(53)48-21-8-12-26-54(48)60/h1-38H. The molecule has 3 heteroatoms. The highest BCUT2D eigenvalue weighted by Crippen LogP contribution is 2.47. The molecular weight excluding hydrogens is 741 g/mol. The van der Waals surface area contributed by atoms with Gasteiger partial charge in [0.05, 0.1) is 22.4 Å². The highest BCUT2D eigenvalue weighted by Gasteiger charge is 2.23. The van der Waals surface area contributed by atoms with Gasteiger partial charge in [-0.1, -0.05) is 158 Å². The van der Waals surface area contributed by atoms with Crippen molar-refractivity contribution < 1.29 is 4.42 Å². The highest BCUT2D eigenvalue weighted by molar-refractivity contribution is 6.14. The third-order valence-electron chi connectivity index (χ3n) is 12.2. The summed E-state index contributed by atoms with van der Waals surface area (Å²) in [6.07, 6.45) is 0. The minimum atomic E-state index is 0.867. The summed E-state index contributed by atoms with van der Waals surface area (Å²) in [5, 5.41) is 7.17. The summed E-state index contributed by atoms with van der Waals surface area (Å²) in [5.41, 5.74) is 15.3. The van der Waals surface area contributed by atoms with E-state index in [-0.39, 0.29) is 0 Å². The van der Waals surface area contributed by atoms with Crippen LogP contribution in [0, 0.1) is 0 Å². The maximum Gasteiger partial charge on any atom is 0.136 e. The summed E-state index contributed by atoms with van der Waals surface area (Å²) in [5.74, 6) is 0. The van der Waals surface area contributed by atoms with Gasteiger partial charge >= 0.3 is 0 Å². The Kier molecular flexibility index (Phi) is 8.17. The second kappa shape index (κ2) is 14.3. The number of aromatic nitrogens is 1. The summed E-state index contributed by atoms with van der Waals surface area (Å²) in [6, 6.07) is 83.0. The molecule has 12 aromatic rings. The van der Waals surface area contributed by atoms with E-state index in [1.807, 2.05) is 6.07 Å². The first kappa shape index (κ1) is 34.9. The molecule has 12 rings (SSSR count). The molecule has 0 saturated heterocycles. The number of rotatable bonds is 7. The van der Waals surface area contributed by atoms with Gasteiger partial charge in [0.25, 0.3) is 0 Å². The van der Waals surface area contributed by atoms with E-state index in [1.54, 1.807) is 0 Å². The minimum absolute atomic E-state index is 0.867. The van der Waals surface area contributed by atoms with E-state index in [2.05, 4.69) is 234 Å². The molecule has 0 spiro atoms. The fourth-order valence-corrected chi connectivity index (χ4v) is 9.38. The van der Waals surface area contributed by atoms with Crippen molar-refractivity contribution >= 4 is 71.6 Å². The lowest BCUT2D eigenvalue weighted by atomic mass is 9.92. The molecule has 0 N–H and O–H groups in total. The molecule has 10 aromatic carbocycles. The van der Waals surface area contributed by atoms with E-state index in [1.165, 1.54) is 43.7 Å². The van der Waals surface area contributed by atoms with Crippen molar-refractivity contribution in [1.82, 2.24) is 4.57 Å². The quantitative estimate of drug-likeness (QED) is 0.161. The number of furan rings is 1. The lowest BCUT2D eigenvalue weighted by Crippen LogP contribution is -2.11. The second-order valence-electron chi connectivity index (χ2n) is 15.7. The van der Waals surface area contributed by atoms with Gasteiger partial charge in [-0.2, -0.15) is 0 Å². The first-order valence-electron chi connectivity index (χ1n) is 20.8. The Morgan fingerprint density at radius 3 is 1.74 bits per heavy atom. The Bertz CT molecular complexity index is 3540. The van der Waals surface area contributed by atoms with Crippen molar-refractivity contribution in [2.45, 2.75) is 0 Å². The third-order valence-corrected chi connectivity index (χ3v) is 12.2. The van der Waals surface area contributed by atoms with Crippen LogP contribution in [0.5, 0.6) is 0 Å². The van der Waals surface area contributed by atoms with Crippen LogP contribution in [0.2, 0.25) is 0 Å². The third kappa shape index (κ3) is 5.82. The Morgan fingerprint density at radius 2 is 0.934 bits per heavy atom. The van der Waals surface area contributed by atoms with Crippen molar-refractivity contribution in [3.05, 3.63) is 231 Å². The fraction of sp³-hybridized carbons (Fsp3) is 0. The highest BCUT2D eigenvalue weighted by atomic mass is 16.3. The van der Waals surface area contributed by atoms with Gasteiger partial charge in [-0.15, -0.1) is 0 Å². The van der Waals surface area contributed by atoms with Crippen LogP contribution in [0.3, 0.4) is 0 Å². The molecule has 0 amide bonds. The normalized spacial score (nSPS) is 11.6. The van der Waals surface area contributed by atoms with Crippen LogP contribution in [0.1, 0.15) is 0 Å². The SMILES string of the molecule is c1ccc(N(c2ccc(-c3ccc4ccccc4c3)cc2)c2ccc(-c3ccccc3-n3c4ccccc4c4ccccc43)cc2-c2cccc3oc4ccccc4c23)cc1. The average molecular weight is 779 g/mol. The predicted molar refractivity (Wildman–Crippen MR) is 257 cm³/mol. The largest absolute Gasteiger partial charge is 0.456 e. The summed E-state index contributed by atoms with van der Waals surface area (Å²) in [6.45, 7) is 0. The number of benzene rings is 10. The summed E-state index contributed by atoms with van der Waals surface area (Å²) in [7, 11) is 0. The Morgan fingerprint density at radius 1 is 0.344 bits per heavy atom. The van der Waals surface area contributed by atoms with Crippen LogP contribution in [-0.4, -0.2) is 4.57 Å². The summed E-state index contributed by atoms with van der Waals surface area (Å²) < 4.78 is 8.94. The molecule has 0 fully saturated rings. The van der Waals surface area contributed by atoms with Crippen LogP contribution >= 0.6 is 0 Å². The van der Waals surface area contributed by atoms with Gasteiger partial charge in [0.2, 0.25) is 0 Å².